The Morgan fingerprint density at radius 2 is 2.00 bits per heavy atom. The Morgan fingerprint density at radius 1 is 1.24 bits per heavy atom. The highest BCUT2D eigenvalue weighted by molar-refractivity contribution is 5.83. The molecule has 1 unspecified atom stereocenters. The van der Waals surface area contributed by atoms with Gasteiger partial charge in [0.1, 0.15) is 5.75 Å². The lowest BCUT2D eigenvalue weighted by Crippen LogP contribution is -2.48. The molecule has 0 bridgehead atoms. The van der Waals surface area contributed by atoms with Crippen LogP contribution in [0, 0.1) is 0 Å². The van der Waals surface area contributed by atoms with Crippen molar-refractivity contribution in [3.05, 3.63) is 36.0 Å². The van der Waals surface area contributed by atoms with Gasteiger partial charge in [0, 0.05) is 50.9 Å². The number of hydrogen-bond acceptors (Lipinski definition) is 6. The Kier molecular flexibility index (Phi) is 4.85. The Bertz CT molecular complexity index is 727. The summed E-state index contributed by atoms with van der Waals surface area (Å²) >= 11 is 0. The van der Waals surface area contributed by atoms with Crippen LogP contribution in [0.4, 0.5) is 0 Å². The number of aromatic nitrogens is 1. The fourth-order valence-electron chi connectivity index (χ4n) is 3.52. The molecule has 0 radical (unpaired) electrons. The fraction of sp³-hybridized carbons (Fsp3) is 0.526. The number of piperazine rings is 1. The van der Waals surface area contributed by atoms with E-state index in [9.17, 15) is 5.11 Å². The third-order valence-corrected chi connectivity index (χ3v) is 5.10. The molecule has 1 aromatic carbocycles. The average molecular weight is 343 g/mol. The number of aliphatic hydroxyl groups is 1. The number of fused-ring (bicyclic) bond motifs is 1. The van der Waals surface area contributed by atoms with E-state index in [1.165, 1.54) is 0 Å². The van der Waals surface area contributed by atoms with E-state index in [2.05, 4.69) is 14.8 Å². The van der Waals surface area contributed by atoms with Crippen LogP contribution in [0.15, 0.2) is 30.5 Å². The van der Waals surface area contributed by atoms with E-state index < -0.39 is 6.10 Å². The van der Waals surface area contributed by atoms with Gasteiger partial charge in [0.05, 0.1) is 31.4 Å². The molecule has 2 fully saturated rings. The molecule has 0 aliphatic carbocycles. The molecule has 1 aromatic heterocycles. The molecule has 6 heteroatoms. The lowest BCUT2D eigenvalue weighted by atomic mass is 10.0. The lowest BCUT2D eigenvalue weighted by molar-refractivity contribution is 0.0707. The number of rotatable bonds is 6. The Balaban J connectivity index is 1.42. The van der Waals surface area contributed by atoms with E-state index in [0.29, 0.717) is 12.6 Å². The molecule has 2 saturated heterocycles. The molecular formula is C19H25N3O3. The third-order valence-electron chi connectivity index (χ3n) is 5.10. The lowest BCUT2D eigenvalue weighted by Gasteiger charge is -2.35. The second-order valence-electron chi connectivity index (χ2n) is 6.86. The second-order valence-corrected chi connectivity index (χ2v) is 6.86. The summed E-state index contributed by atoms with van der Waals surface area (Å²) in [6, 6.07) is 7.69. The molecule has 3 heterocycles. The van der Waals surface area contributed by atoms with Crippen LogP contribution < -0.4 is 4.74 Å². The van der Waals surface area contributed by atoms with Crippen LogP contribution in [-0.2, 0) is 4.74 Å². The number of ether oxygens (including phenoxy) is 2. The Labute approximate surface area is 148 Å². The van der Waals surface area contributed by atoms with Crippen molar-refractivity contribution in [2.24, 2.45) is 0 Å². The first-order chi connectivity index (χ1) is 12.2. The van der Waals surface area contributed by atoms with E-state index in [0.717, 1.165) is 61.5 Å². The molecule has 6 nitrogen and oxygen atoms in total. The molecule has 2 aliphatic rings. The van der Waals surface area contributed by atoms with Gasteiger partial charge in [-0.2, -0.15) is 0 Å². The summed E-state index contributed by atoms with van der Waals surface area (Å²) in [7, 11) is 1.65. The van der Waals surface area contributed by atoms with Gasteiger partial charge >= 0.3 is 0 Å². The predicted octanol–water partition coefficient (Wildman–Crippen LogP) is 1.29. The summed E-state index contributed by atoms with van der Waals surface area (Å²) < 4.78 is 10.6. The van der Waals surface area contributed by atoms with Gasteiger partial charge in [0.25, 0.3) is 0 Å². The number of nitrogens with zero attached hydrogens (tertiary/aromatic N) is 3. The van der Waals surface area contributed by atoms with Gasteiger partial charge in [-0.15, -0.1) is 0 Å². The molecule has 0 saturated carbocycles. The van der Waals surface area contributed by atoms with Crippen molar-refractivity contribution >= 4 is 10.9 Å². The van der Waals surface area contributed by atoms with Crippen LogP contribution in [0.2, 0.25) is 0 Å². The van der Waals surface area contributed by atoms with Crippen LogP contribution in [0.3, 0.4) is 0 Å². The second kappa shape index (κ2) is 7.25. The SMILES string of the molecule is COc1ccc2nccc([C@@H](O)CN3CCN(CC4CO4)CC3)c2c1. The van der Waals surface area contributed by atoms with Crippen LogP contribution in [0.25, 0.3) is 10.9 Å². The third kappa shape index (κ3) is 3.93. The highest BCUT2D eigenvalue weighted by Crippen LogP contribution is 2.27. The van der Waals surface area contributed by atoms with Crippen molar-refractivity contribution in [3.8, 4) is 5.75 Å². The van der Waals surface area contributed by atoms with E-state index >= 15 is 0 Å². The van der Waals surface area contributed by atoms with Crippen molar-refractivity contribution in [1.29, 1.82) is 0 Å². The summed E-state index contributed by atoms with van der Waals surface area (Å²) in [5, 5.41) is 11.8. The molecule has 4 rings (SSSR count). The first-order valence-electron chi connectivity index (χ1n) is 8.90. The van der Waals surface area contributed by atoms with E-state index in [-0.39, 0.29) is 0 Å². The number of pyridine rings is 1. The van der Waals surface area contributed by atoms with Gasteiger partial charge in [-0.1, -0.05) is 0 Å². The molecule has 2 atom stereocenters. The maximum atomic E-state index is 10.8. The number of epoxide rings is 1. The summed E-state index contributed by atoms with van der Waals surface area (Å²) in [5.74, 6) is 0.782. The summed E-state index contributed by atoms with van der Waals surface area (Å²) in [4.78, 5) is 9.18. The fourth-order valence-corrected chi connectivity index (χ4v) is 3.52. The van der Waals surface area contributed by atoms with Crippen molar-refractivity contribution in [3.63, 3.8) is 0 Å². The van der Waals surface area contributed by atoms with Crippen molar-refractivity contribution in [2.75, 3.05) is 53.0 Å². The van der Waals surface area contributed by atoms with Crippen LogP contribution in [0.5, 0.6) is 5.75 Å². The topological polar surface area (TPSA) is 61.4 Å². The van der Waals surface area contributed by atoms with E-state index in [4.69, 9.17) is 9.47 Å². The first kappa shape index (κ1) is 16.7. The summed E-state index contributed by atoms with van der Waals surface area (Å²) in [6.07, 6.45) is 1.69. The molecule has 2 aliphatic heterocycles. The highest BCUT2D eigenvalue weighted by Gasteiger charge is 2.28. The zero-order valence-electron chi connectivity index (χ0n) is 14.6. The zero-order chi connectivity index (χ0) is 17.2. The Hall–Kier alpha value is -1.73. The summed E-state index contributed by atoms with van der Waals surface area (Å²) in [5.41, 5.74) is 1.80. The molecule has 1 N–H and O–H groups in total. The molecule has 0 amide bonds. The quantitative estimate of drug-likeness (QED) is 0.798. The van der Waals surface area contributed by atoms with Crippen LogP contribution >= 0.6 is 0 Å². The van der Waals surface area contributed by atoms with Gasteiger partial charge < -0.3 is 14.6 Å². The smallest absolute Gasteiger partial charge is 0.119 e. The molecule has 0 spiro atoms. The van der Waals surface area contributed by atoms with Gasteiger partial charge in [-0.05, 0) is 29.8 Å². The Morgan fingerprint density at radius 3 is 2.72 bits per heavy atom. The van der Waals surface area contributed by atoms with Crippen molar-refractivity contribution < 1.29 is 14.6 Å². The number of methoxy groups -OCH3 is 1. The van der Waals surface area contributed by atoms with Gasteiger partial charge in [0.15, 0.2) is 0 Å². The largest absolute Gasteiger partial charge is 0.497 e. The molecule has 2 aromatic rings. The number of aliphatic hydroxyl groups excluding tert-OH is 1. The van der Waals surface area contributed by atoms with Gasteiger partial charge in [-0.3, -0.25) is 14.8 Å². The predicted molar refractivity (Wildman–Crippen MR) is 95.9 cm³/mol. The van der Waals surface area contributed by atoms with Gasteiger partial charge in [-0.25, -0.2) is 0 Å². The minimum Gasteiger partial charge on any atom is -0.497 e. The minimum absolute atomic E-state index is 0.454. The highest BCUT2D eigenvalue weighted by atomic mass is 16.6. The normalized spacial score (nSPS) is 22.9. The average Bonchev–Trinajstić information content (AvgIpc) is 3.46. The molecular weight excluding hydrogens is 318 g/mol. The molecule has 25 heavy (non-hydrogen) atoms. The van der Waals surface area contributed by atoms with Crippen molar-refractivity contribution in [1.82, 2.24) is 14.8 Å². The maximum absolute atomic E-state index is 10.8. The van der Waals surface area contributed by atoms with Crippen LogP contribution in [0.1, 0.15) is 11.7 Å². The van der Waals surface area contributed by atoms with Crippen molar-refractivity contribution in [2.45, 2.75) is 12.2 Å². The molecule has 134 valence electrons. The zero-order valence-corrected chi connectivity index (χ0v) is 14.6. The van der Waals surface area contributed by atoms with Gasteiger partial charge in [0.2, 0.25) is 0 Å². The first-order valence-corrected chi connectivity index (χ1v) is 8.90. The van der Waals surface area contributed by atoms with E-state index in [1.807, 2.05) is 24.3 Å². The monoisotopic (exact) mass is 343 g/mol. The summed E-state index contributed by atoms with van der Waals surface area (Å²) in [6.45, 7) is 6.65. The number of hydrogen-bond donors (Lipinski definition) is 1. The maximum Gasteiger partial charge on any atom is 0.119 e. The van der Waals surface area contributed by atoms with E-state index in [1.54, 1.807) is 13.3 Å². The number of β-amino-alcohol motifs (C(OH)–C–C–N with tert-alkyl or cyclic N) is 1. The number of benzene rings is 1. The van der Waals surface area contributed by atoms with Crippen LogP contribution in [-0.4, -0.2) is 79.0 Å². The standard InChI is InChI=1S/C19H25N3O3/c1-24-14-2-3-18-17(10-14)16(4-5-20-18)19(23)12-22-8-6-21(7-9-22)11-15-13-25-15/h2-5,10,15,19,23H,6-9,11-13H2,1H3/t15?,19-/m0/s1. The minimum atomic E-state index is -0.532.